The van der Waals surface area contributed by atoms with Gasteiger partial charge in [-0.15, -0.1) is 0 Å². The second-order valence-corrected chi connectivity index (χ2v) is 6.64. The number of pyridine rings is 1. The normalized spacial score (nSPS) is 11.3. The molecule has 0 saturated carbocycles. The van der Waals surface area contributed by atoms with Crippen molar-refractivity contribution in [2.75, 3.05) is 25.0 Å². The molecule has 1 aromatic carbocycles. The highest BCUT2D eigenvalue weighted by atomic mass is 35.5. The van der Waals surface area contributed by atoms with Gasteiger partial charge in [-0.05, 0) is 49.7 Å². The Balaban J connectivity index is 1.53. The van der Waals surface area contributed by atoms with Crippen molar-refractivity contribution in [1.29, 1.82) is 0 Å². The van der Waals surface area contributed by atoms with Gasteiger partial charge in [0.2, 0.25) is 0 Å². The summed E-state index contributed by atoms with van der Waals surface area (Å²) < 4.78 is 5.17. The number of fused-ring (bicyclic) bond motifs is 1. The van der Waals surface area contributed by atoms with Crippen LogP contribution in [-0.4, -0.2) is 29.5 Å². The predicted molar refractivity (Wildman–Crippen MR) is 104 cm³/mol. The zero-order valence-electron chi connectivity index (χ0n) is 14.5. The largest absolute Gasteiger partial charge is 0.472 e. The molecule has 0 aliphatic heterocycles. The van der Waals surface area contributed by atoms with E-state index in [1.807, 2.05) is 42.8 Å². The molecule has 0 fully saturated rings. The van der Waals surface area contributed by atoms with E-state index in [2.05, 4.69) is 22.1 Å². The van der Waals surface area contributed by atoms with Crippen molar-refractivity contribution in [3.8, 4) is 0 Å². The summed E-state index contributed by atoms with van der Waals surface area (Å²) in [5.74, 6) is 0. The minimum Gasteiger partial charge on any atom is -0.472 e. The van der Waals surface area contributed by atoms with E-state index in [4.69, 9.17) is 16.0 Å². The van der Waals surface area contributed by atoms with Crippen molar-refractivity contribution in [3.63, 3.8) is 0 Å². The van der Waals surface area contributed by atoms with Crippen LogP contribution in [0.25, 0.3) is 10.9 Å². The lowest BCUT2D eigenvalue weighted by atomic mass is 10.2. The maximum absolute atomic E-state index is 6.05. The van der Waals surface area contributed by atoms with E-state index in [9.17, 15) is 0 Å². The Kier molecular flexibility index (Phi) is 6.31. The molecule has 0 unspecified atom stereocenters. The zero-order valence-corrected chi connectivity index (χ0v) is 15.3. The molecular weight excluding hydrogens is 334 g/mol. The molecule has 2 aromatic heterocycles. The standard InChI is InChI=1S/C20H24ClN3O/c1-2-10-24(14-16-7-12-25-15-16)11-3-8-22-19-6-9-23-20-13-17(21)4-5-18(19)20/h4-7,9,12-13,15H,2-3,8,10-11,14H2,1H3,(H,22,23). The smallest absolute Gasteiger partial charge is 0.0947 e. The molecule has 0 aliphatic carbocycles. The van der Waals surface area contributed by atoms with Crippen LogP contribution in [0.2, 0.25) is 5.02 Å². The fourth-order valence-electron chi connectivity index (χ4n) is 3.03. The van der Waals surface area contributed by atoms with Gasteiger partial charge in [-0.3, -0.25) is 9.88 Å². The Morgan fingerprint density at radius 1 is 1.20 bits per heavy atom. The number of nitrogens with zero attached hydrogens (tertiary/aromatic N) is 2. The fourth-order valence-corrected chi connectivity index (χ4v) is 3.19. The summed E-state index contributed by atoms with van der Waals surface area (Å²) in [6.45, 7) is 6.24. The molecular formula is C20H24ClN3O. The molecule has 0 bridgehead atoms. The van der Waals surface area contributed by atoms with Gasteiger partial charge in [0.25, 0.3) is 0 Å². The number of hydrogen-bond acceptors (Lipinski definition) is 4. The molecule has 5 heteroatoms. The lowest BCUT2D eigenvalue weighted by Crippen LogP contribution is -2.26. The van der Waals surface area contributed by atoms with Crippen molar-refractivity contribution < 1.29 is 4.42 Å². The molecule has 25 heavy (non-hydrogen) atoms. The highest BCUT2D eigenvalue weighted by Crippen LogP contribution is 2.24. The van der Waals surface area contributed by atoms with Crippen LogP contribution in [0.15, 0.2) is 53.5 Å². The minimum atomic E-state index is 0.714. The number of aromatic nitrogens is 1. The third-order valence-corrected chi connectivity index (χ3v) is 4.43. The number of rotatable bonds is 9. The molecule has 3 rings (SSSR count). The fraction of sp³-hybridized carbons (Fsp3) is 0.350. The number of hydrogen-bond donors (Lipinski definition) is 1. The highest BCUT2D eigenvalue weighted by molar-refractivity contribution is 6.31. The van der Waals surface area contributed by atoms with Crippen molar-refractivity contribution >= 4 is 28.2 Å². The third-order valence-electron chi connectivity index (χ3n) is 4.20. The monoisotopic (exact) mass is 357 g/mol. The molecule has 0 saturated heterocycles. The lowest BCUT2D eigenvalue weighted by molar-refractivity contribution is 0.264. The van der Waals surface area contributed by atoms with Gasteiger partial charge in [0.15, 0.2) is 0 Å². The van der Waals surface area contributed by atoms with Crippen molar-refractivity contribution in [2.45, 2.75) is 26.3 Å². The van der Waals surface area contributed by atoms with Gasteiger partial charge in [0.1, 0.15) is 0 Å². The van der Waals surface area contributed by atoms with Crippen LogP contribution in [-0.2, 0) is 6.54 Å². The van der Waals surface area contributed by atoms with Crippen molar-refractivity contribution in [1.82, 2.24) is 9.88 Å². The van der Waals surface area contributed by atoms with Gasteiger partial charge < -0.3 is 9.73 Å². The van der Waals surface area contributed by atoms with Gasteiger partial charge in [-0.2, -0.15) is 0 Å². The Morgan fingerprint density at radius 2 is 2.12 bits per heavy atom. The minimum absolute atomic E-state index is 0.714. The molecule has 4 nitrogen and oxygen atoms in total. The first-order valence-corrected chi connectivity index (χ1v) is 9.15. The van der Waals surface area contributed by atoms with Gasteiger partial charge in [-0.1, -0.05) is 18.5 Å². The van der Waals surface area contributed by atoms with Crippen LogP contribution in [0.1, 0.15) is 25.3 Å². The SMILES string of the molecule is CCCN(CCCNc1ccnc2cc(Cl)ccc12)Cc1ccoc1. The van der Waals surface area contributed by atoms with Gasteiger partial charge in [0.05, 0.1) is 18.0 Å². The summed E-state index contributed by atoms with van der Waals surface area (Å²) >= 11 is 6.05. The number of anilines is 1. The molecule has 0 amide bonds. The summed E-state index contributed by atoms with van der Waals surface area (Å²) in [6, 6.07) is 9.89. The molecule has 132 valence electrons. The summed E-state index contributed by atoms with van der Waals surface area (Å²) in [6.07, 6.45) is 7.62. The van der Waals surface area contributed by atoms with E-state index < -0.39 is 0 Å². The van der Waals surface area contributed by atoms with Crippen LogP contribution in [0, 0.1) is 0 Å². The number of nitrogens with one attached hydrogen (secondary N) is 1. The van der Waals surface area contributed by atoms with Crippen LogP contribution < -0.4 is 5.32 Å². The molecule has 0 atom stereocenters. The molecule has 3 aromatic rings. The average Bonchev–Trinajstić information content (AvgIpc) is 3.11. The third kappa shape index (κ3) is 4.97. The van der Waals surface area contributed by atoms with Crippen LogP contribution in [0.5, 0.6) is 0 Å². The maximum Gasteiger partial charge on any atom is 0.0947 e. The second kappa shape index (κ2) is 8.88. The van der Waals surface area contributed by atoms with E-state index in [0.717, 1.165) is 55.6 Å². The van der Waals surface area contributed by atoms with E-state index in [1.165, 1.54) is 5.56 Å². The van der Waals surface area contributed by atoms with Gasteiger partial charge >= 0.3 is 0 Å². The Morgan fingerprint density at radius 3 is 2.92 bits per heavy atom. The van der Waals surface area contributed by atoms with Gasteiger partial charge in [0, 0.05) is 47.5 Å². The average molecular weight is 358 g/mol. The summed E-state index contributed by atoms with van der Waals surface area (Å²) in [7, 11) is 0. The number of furan rings is 1. The summed E-state index contributed by atoms with van der Waals surface area (Å²) in [5, 5.41) is 5.36. The summed E-state index contributed by atoms with van der Waals surface area (Å²) in [5.41, 5.74) is 3.27. The molecule has 1 N–H and O–H groups in total. The number of halogens is 1. The second-order valence-electron chi connectivity index (χ2n) is 6.21. The maximum atomic E-state index is 6.05. The Bertz CT molecular complexity index is 789. The van der Waals surface area contributed by atoms with Gasteiger partial charge in [-0.25, -0.2) is 0 Å². The van der Waals surface area contributed by atoms with Crippen LogP contribution in [0.4, 0.5) is 5.69 Å². The first-order valence-electron chi connectivity index (χ1n) is 8.78. The van der Waals surface area contributed by atoms with Crippen molar-refractivity contribution in [2.24, 2.45) is 0 Å². The topological polar surface area (TPSA) is 41.3 Å². The van der Waals surface area contributed by atoms with Crippen molar-refractivity contribution in [3.05, 3.63) is 59.6 Å². The van der Waals surface area contributed by atoms with E-state index in [0.29, 0.717) is 5.02 Å². The van der Waals surface area contributed by atoms with E-state index in [-0.39, 0.29) is 0 Å². The van der Waals surface area contributed by atoms with Crippen LogP contribution in [0.3, 0.4) is 0 Å². The number of benzene rings is 1. The predicted octanol–water partition coefficient (Wildman–Crippen LogP) is 5.20. The molecule has 2 heterocycles. The highest BCUT2D eigenvalue weighted by Gasteiger charge is 2.07. The first-order chi connectivity index (χ1) is 12.3. The van der Waals surface area contributed by atoms with Crippen LogP contribution >= 0.6 is 11.6 Å². The lowest BCUT2D eigenvalue weighted by Gasteiger charge is -2.21. The van der Waals surface area contributed by atoms with E-state index >= 15 is 0 Å². The van der Waals surface area contributed by atoms with E-state index in [1.54, 1.807) is 6.26 Å². The zero-order chi connectivity index (χ0) is 17.5. The summed E-state index contributed by atoms with van der Waals surface area (Å²) in [4.78, 5) is 6.85. The molecule has 0 radical (unpaired) electrons. The molecule has 0 aliphatic rings. The molecule has 0 spiro atoms. The Labute approximate surface area is 153 Å². The first kappa shape index (κ1) is 17.8. The Hall–Kier alpha value is -2.04. The quantitative estimate of drug-likeness (QED) is 0.535.